The van der Waals surface area contributed by atoms with E-state index in [-0.39, 0.29) is 12.5 Å². The predicted octanol–water partition coefficient (Wildman–Crippen LogP) is 1.23. The molecule has 0 unspecified atom stereocenters. The van der Waals surface area contributed by atoms with E-state index in [1.807, 2.05) is 42.8 Å². The van der Waals surface area contributed by atoms with Crippen LogP contribution in [-0.2, 0) is 18.4 Å². The number of hydrogen-bond acceptors (Lipinski definition) is 4. The molecule has 0 aliphatic carbocycles. The Balaban J connectivity index is 1.67. The van der Waals surface area contributed by atoms with Crippen LogP contribution in [0.4, 0.5) is 0 Å². The van der Waals surface area contributed by atoms with E-state index in [4.69, 9.17) is 0 Å². The minimum atomic E-state index is -0.212. The summed E-state index contributed by atoms with van der Waals surface area (Å²) in [4.78, 5) is 20.3. The van der Waals surface area contributed by atoms with Gasteiger partial charge >= 0.3 is 0 Å². The van der Waals surface area contributed by atoms with Crippen molar-refractivity contribution in [2.75, 3.05) is 0 Å². The van der Waals surface area contributed by atoms with Gasteiger partial charge in [0.2, 0.25) is 0 Å². The zero-order valence-corrected chi connectivity index (χ0v) is 12.4. The number of amides is 1. The van der Waals surface area contributed by atoms with E-state index < -0.39 is 0 Å². The average Bonchev–Trinajstić information content (AvgIpc) is 3.04. The van der Waals surface area contributed by atoms with E-state index in [1.54, 1.807) is 23.2 Å². The number of hydrogen-bond donors (Lipinski definition) is 1. The molecule has 2 aromatic heterocycles. The lowest BCUT2D eigenvalue weighted by atomic mass is 10.3. The highest BCUT2D eigenvalue weighted by atomic mass is 16.2. The first-order valence-corrected chi connectivity index (χ1v) is 6.86. The first-order chi connectivity index (χ1) is 10.6. The molecule has 3 aromatic rings. The fourth-order valence-corrected chi connectivity index (χ4v) is 2.20. The zero-order valence-electron chi connectivity index (χ0n) is 12.4. The van der Waals surface area contributed by atoms with Crippen molar-refractivity contribution >= 4 is 23.2 Å². The lowest BCUT2D eigenvalue weighted by molar-refractivity contribution is -0.121. The Labute approximate surface area is 127 Å². The van der Waals surface area contributed by atoms with Crippen LogP contribution >= 0.6 is 0 Å². The van der Waals surface area contributed by atoms with Crippen LogP contribution in [0, 0.1) is 6.92 Å². The molecular weight excluding hydrogens is 280 g/mol. The molecule has 1 aromatic carbocycles. The molecule has 0 bridgehead atoms. The van der Waals surface area contributed by atoms with Gasteiger partial charge in [0.1, 0.15) is 12.4 Å². The van der Waals surface area contributed by atoms with Gasteiger partial charge in [-0.3, -0.25) is 4.79 Å². The second-order valence-corrected chi connectivity index (χ2v) is 4.91. The van der Waals surface area contributed by atoms with Gasteiger partial charge in [-0.1, -0.05) is 12.1 Å². The quantitative estimate of drug-likeness (QED) is 0.581. The maximum Gasteiger partial charge on any atom is 0.260 e. The number of aryl methyl sites for hydroxylation is 2. The van der Waals surface area contributed by atoms with Gasteiger partial charge < -0.3 is 9.13 Å². The fraction of sp³-hybridized carbons (Fsp3) is 0.200. The first-order valence-electron chi connectivity index (χ1n) is 6.86. The molecule has 7 heteroatoms. The Hall–Kier alpha value is -2.96. The van der Waals surface area contributed by atoms with Crippen molar-refractivity contribution < 1.29 is 4.79 Å². The predicted molar refractivity (Wildman–Crippen MR) is 83.4 cm³/mol. The molecule has 0 fully saturated rings. The number of para-hydroxylation sites is 2. The lowest BCUT2D eigenvalue weighted by Gasteiger charge is -2.03. The molecule has 2 heterocycles. The number of nitrogens with zero attached hydrogens (tertiary/aromatic N) is 5. The van der Waals surface area contributed by atoms with Gasteiger partial charge in [0, 0.05) is 19.4 Å². The van der Waals surface area contributed by atoms with E-state index in [0.29, 0.717) is 5.82 Å². The zero-order chi connectivity index (χ0) is 15.5. The minimum absolute atomic E-state index is 0.186. The van der Waals surface area contributed by atoms with Gasteiger partial charge in [0.25, 0.3) is 5.91 Å². The van der Waals surface area contributed by atoms with E-state index in [1.165, 1.54) is 0 Å². The first kappa shape index (κ1) is 14.0. The molecule has 0 spiro atoms. The Morgan fingerprint density at radius 1 is 1.41 bits per heavy atom. The van der Waals surface area contributed by atoms with E-state index in [2.05, 4.69) is 20.5 Å². The second-order valence-electron chi connectivity index (χ2n) is 4.91. The number of benzene rings is 1. The van der Waals surface area contributed by atoms with Gasteiger partial charge in [0.05, 0.1) is 17.2 Å². The third-order valence-corrected chi connectivity index (χ3v) is 3.43. The highest BCUT2D eigenvalue weighted by Crippen LogP contribution is 2.12. The monoisotopic (exact) mass is 296 g/mol. The summed E-state index contributed by atoms with van der Waals surface area (Å²) < 4.78 is 3.67. The highest BCUT2D eigenvalue weighted by molar-refractivity contribution is 5.85. The number of imidazole rings is 2. The smallest absolute Gasteiger partial charge is 0.260 e. The van der Waals surface area contributed by atoms with E-state index >= 15 is 0 Å². The Morgan fingerprint density at radius 3 is 2.95 bits per heavy atom. The molecule has 0 aliphatic rings. The van der Waals surface area contributed by atoms with Crippen molar-refractivity contribution in [1.29, 1.82) is 0 Å². The van der Waals surface area contributed by atoms with E-state index in [0.717, 1.165) is 16.9 Å². The number of nitrogens with one attached hydrogen (secondary N) is 1. The number of rotatable bonds is 4. The summed E-state index contributed by atoms with van der Waals surface area (Å²) in [5.41, 5.74) is 4.41. The topological polar surface area (TPSA) is 77.1 Å². The summed E-state index contributed by atoms with van der Waals surface area (Å²) in [7, 11) is 1.91. The van der Waals surface area contributed by atoms with Crippen LogP contribution in [0.5, 0.6) is 0 Å². The van der Waals surface area contributed by atoms with Crippen LogP contribution in [0.3, 0.4) is 0 Å². The summed E-state index contributed by atoms with van der Waals surface area (Å²) in [5, 5.41) is 3.97. The molecule has 0 aliphatic heterocycles. The van der Waals surface area contributed by atoms with Crippen molar-refractivity contribution in [3.05, 3.63) is 48.3 Å². The van der Waals surface area contributed by atoms with Crippen molar-refractivity contribution in [1.82, 2.24) is 24.5 Å². The molecule has 7 nitrogen and oxygen atoms in total. The number of fused-ring (bicyclic) bond motifs is 1. The minimum Gasteiger partial charge on any atom is -0.326 e. The molecule has 0 saturated carbocycles. The Kier molecular flexibility index (Phi) is 3.69. The summed E-state index contributed by atoms with van der Waals surface area (Å²) >= 11 is 0. The van der Waals surface area contributed by atoms with Gasteiger partial charge in [-0.15, -0.1) is 0 Å². The molecule has 0 radical (unpaired) electrons. The Morgan fingerprint density at radius 2 is 2.23 bits per heavy atom. The van der Waals surface area contributed by atoms with E-state index in [9.17, 15) is 4.79 Å². The highest BCUT2D eigenvalue weighted by Gasteiger charge is 2.06. The number of carbonyl (C=O) groups excluding carboxylic acids is 1. The van der Waals surface area contributed by atoms with Crippen LogP contribution in [0.1, 0.15) is 11.6 Å². The maximum absolute atomic E-state index is 11.8. The molecule has 22 heavy (non-hydrogen) atoms. The summed E-state index contributed by atoms with van der Waals surface area (Å²) in [5.74, 6) is 1.26. The van der Waals surface area contributed by atoms with Crippen LogP contribution < -0.4 is 5.43 Å². The largest absolute Gasteiger partial charge is 0.326 e. The lowest BCUT2D eigenvalue weighted by Crippen LogP contribution is -2.23. The number of hydrazone groups is 1. The van der Waals surface area contributed by atoms with Crippen molar-refractivity contribution in [3.63, 3.8) is 0 Å². The van der Waals surface area contributed by atoms with Crippen molar-refractivity contribution in [2.24, 2.45) is 12.1 Å². The summed E-state index contributed by atoms with van der Waals surface area (Å²) in [6.07, 6.45) is 4.95. The van der Waals surface area contributed by atoms with Crippen molar-refractivity contribution in [2.45, 2.75) is 13.5 Å². The standard InChI is InChI=1S/C15H16N6O/c1-11-16-7-8-21(11)10-15(22)19-17-9-14-18-12-5-3-4-6-13(12)20(14)2/h3-9H,10H2,1-2H3,(H,19,22)/b17-9+. The number of carbonyl (C=O) groups is 1. The summed E-state index contributed by atoms with van der Waals surface area (Å²) in [6, 6.07) is 7.82. The van der Waals surface area contributed by atoms with Gasteiger partial charge in [-0.05, 0) is 19.1 Å². The molecule has 0 saturated heterocycles. The summed E-state index contributed by atoms with van der Waals surface area (Å²) in [6.45, 7) is 2.03. The normalized spacial score (nSPS) is 11.4. The van der Waals surface area contributed by atoms with Crippen LogP contribution in [0.15, 0.2) is 41.8 Å². The maximum atomic E-state index is 11.8. The third-order valence-electron chi connectivity index (χ3n) is 3.43. The van der Waals surface area contributed by atoms with Gasteiger partial charge in [-0.2, -0.15) is 5.10 Å². The molecule has 112 valence electrons. The fourth-order valence-electron chi connectivity index (χ4n) is 2.20. The molecule has 3 rings (SSSR count). The molecule has 1 N–H and O–H groups in total. The average molecular weight is 296 g/mol. The molecular formula is C15H16N6O. The third kappa shape index (κ3) is 2.73. The molecule has 0 atom stereocenters. The second kappa shape index (κ2) is 5.80. The SMILES string of the molecule is Cc1nccn1CC(=O)N/N=C/c1nc2ccccc2n1C. The van der Waals surface area contributed by atoms with Crippen LogP contribution in [-0.4, -0.2) is 31.2 Å². The van der Waals surface area contributed by atoms with Crippen molar-refractivity contribution in [3.8, 4) is 0 Å². The Bertz CT molecular complexity index is 845. The van der Waals surface area contributed by atoms with Crippen LogP contribution in [0.25, 0.3) is 11.0 Å². The van der Waals surface area contributed by atoms with Gasteiger partial charge in [-0.25, -0.2) is 15.4 Å². The number of aromatic nitrogens is 4. The molecule has 1 amide bonds. The van der Waals surface area contributed by atoms with Crippen LogP contribution in [0.2, 0.25) is 0 Å². The van der Waals surface area contributed by atoms with Gasteiger partial charge in [0.15, 0.2) is 5.82 Å².